The molecule has 1 aliphatic rings. The van der Waals surface area contributed by atoms with Crippen LogP contribution in [-0.2, 0) is 17.6 Å². The zero-order valence-electron chi connectivity index (χ0n) is 15.5. The molecule has 7 heteroatoms. The largest absolute Gasteiger partial charge is 0.484 e. The van der Waals surface area contributed by atoms with Crippen LogP contribution in [0.15, 0.2) is 40.8 Å². The average molecular weight is 380 g/mol. The van der Waals surface area contributed by atoms with Gasteiger partial charge in [-0.05, 0) is 56.0 Å². The Balaban J connectivity index is 1.43. The lowest BCUT2D eigenvalue weighted by atomic mass is 9.96. The van der Waals surface area contributed by atoms with Crippen LogP contribution in [0.4, 0.5) is 11.4 Å². The fourth-order valence-corrected chi connectivity index (χ4v) is 3.57. The molecule has 0 spiro atoms. The maximum atomic E-state index is 12.2. The van der Waals surface area contributed by atoms with E-state index in [-0.39, 0.29) is 18.2 Å². The van der Waals surface area contributed by atoms with Gasteiger partial charge in [-0.25, -0.2) is 0 Å². The van der Waals surface area contributed by atoms with E-state index in [1.165, 1.54) is 23.8 Å². The normalized spacial score (nSPS) is 13.2. The number of nitro groups is 1. The molecule has 0 atom stereocenters. The highest BCUT2D eigenvalue weighted by molar-refractivity contribution is 5.93. The molecule has 1 aliphatic carbocycles. The molecule has 0 unspecified atom stereocenters. The predicted molar refractivity (Wildman–Crippen MR) is 105 cm³/mol. The number of nitrogens with one attached hydrogen (secondary N) is 1. The second-order valence-corrected chi connectivity index (χ2v) is 6.96. The van der Waals surface area contributed by atoms with Crippen molar-refractivity contribution in [2.24, 2.45) is 0 Å². The predicted octanol–water partition coefficient (Wildman–Crippen LogP) is 4.55. The second kappa shape index (κ2) is 7.34. The summed E-state index contributed by atoms with van der Waals surface area (Å²) in [5.41, 5.74) is 3.24. The van der Waals surface area contributed by atoms with Crippen molar-refractivity contribution in [2.45, 2.75) is 32.6 Å². The molecular formula is C21H20N2O5. The second-order valence-electron chi connectivity index (χ2n) is 6.96. The molecule has 4 rings (SSSR count). The van der Waals surface area contributed by atoms with Gasteiger partial charge in [0.15, 0.2) is 6.61 Å². The third-order valence-corrected chi connectivity index (χ3v) is 4.99. The number of non-ortho nitro benzene ring substituents is 1. The maximum absolute atomic E-state index is 12.2. The highest BCUT2D eigenvalue weighted by Crippen LogP contribution is 2.34. The molecule has 1 aromatic heterocycles. The van der Waals surface area contributed by atoms with E-state index in [4.69, 9.17) is 9.15 Å². The Hall–Kier alpha value is -3.35. The number of carbonyl (C=O) groups is 1. The smallest absolute Gasteiger partial charge is 0.269 e. The zero-order chi connectivity index (χ0) is 19.7. The molecule has 0 saturated carbocycles. The van der Waals surface area contributed by atoms with E-state index in [1.807, 2.05) is 12.1 Å². The van der Waals surface area contributed by atoms with E-state index in [0.717, 1.165) is 42.4 Å². The van der Waals surface area contributed by atoms with E-state index in [0.29, 0.717) is 17.0 Å². The minimum atomic E-state index is -0.466. The molecule has 0 saturated heterocycles. The lowest BCUT2D eigenvalue weighted by Gasteiger charge is -2.10. The topological polar surface area (TPSA) is 94.6 Å². The molecule has 1 heterocycles. The van der Waals surface area contributed by atoms with Crippen molar-refractivity contribution < 1.29 is 18.9 Å². The molecule has 28 heavy (non-hydrogen) atoms. The van der Waals surface area contributed by atoms with Crippen molar-refractivity contribution in [3.8, 4) is 5.75 Å². The summed E-state index contributed by atoms with van der Waals surface area (Å²) in [6.07, 6.45) is 4.28. The molecule has 2 aromatic carbocycles. The van der Waals surface area contributed by atoms with Crippen LogP contribution >= 0.6 is 0 Å². The van der Waals surface area contributed by atoms with Gasteiger partial charge >= 0.3 is 0 Å². The summed E-state index contributed by atoms with van der Waals surface area (Å²) < 4.78 is 11.6. The van der Waals surface area contributed by atoms with Crippen molar-refractivity contribution in [2.75, 3.05) is 11.9 Å². The number of carbonyl (C=O) groups excluding carboxylic acids is 1. The molecule has 0 fully saturated rings. The Kier molecular flexibility index (Phi) is 4.73. The van der Waals surface area contributed by atoms with Gasteiger partial charge in [0.2, 0.25) is 0 Å². The number of ether oxygens (including phenoxy) is 1. The van der Waals surface area contributed by atoms with Gasteiger partial charge in [-0.3, -0.25) is 14.9 Å². The molecule has 7 nitrogen and oxygen atoms in total. The first-order valence-electron chi connectivity index (χ1n) is 9.23. The monoisotopic (exact) mass is 380 g/mol. The Labute approximate surface area is 161 Å². The summed E-state index contributed by atoms with van der Waals surface area (Å²) in [5, 5.41) is 14.6. The van der Waals surface area contributed by atoms with Crippen LogP contribution in [0.5, 0.6) is 5.75 Å². The number of rotatable bonds is 5. The van der Waals surface area contributed by atoms with Gasteiger partial charge in [0.25, 0.3) is 11.6 Å². The molecule has 1 amide bonds. The maximum Gasteiger partial charge on any atom is 0.269 e. The van der Waals surface area contributed by atoms with E-state index in [9.17, 15) is 14.9 Å². The summed E-state index contributed by atoms with van der Waals surface area (Å²) in [4.78, 5) is 22.5. The molecule has 3 aromatic rings. The lowest BCUT2D eigenvalue weighted by Crippen LogP contribution is -2.20. The summed E-state index contributed by atoms with van der Waals surface area (Å²) >= 11 is 0. The fourth-order valence-electron chi connectivity index (χ4n) is 3.57. The Bertz CT molecular complexity index is 1070. The standard InChI is InChI=1S/C21H20N2O5/c1-13-10-14(23(25)26)6-8-18(13)22-21(24)12-27-15-7-9-20-17(11-15)16-4-2-3-5-19(16)28-20/h6-11H,2-5,12H2,1H3,(H,22,24). The van der Waals surface area contributed by atoms with Crippen LogP contribution in [-0.4, -0.2) is 17.4 Å². The third-order valence-electron chi connectivity index (χ3n) is 4.99. The number of amides is 1. The van der Waals surface area contributed by atoms with Crippen molar-refractivity contribution in [3.05, 3.63) is 63.4 Å². The van der Waals surface area contributed by atoms with E-state index < -0.39 is 4.92 Å². The minimum absolute atomic E-state index is 0.0107. The molecular weight excluding hydrogens is 360 g/mol. The average Bonchev–Trinajstić information content (AvgIpc) is 3.06. The first-order valence-corrected chi connectivity index (χ1v) is 9.23. The number of aryl methyl sites for hydroxylation is 3. The van der Waals surface area contributed by atoms with Gasteiger partial charge in [-0.15, -0.1) is 0 Å². The van der Waals surface area contributed by atoms with Gasteiger partial charge in [-0.1, -0.05) is 0 Å². The number of fused-ring (bicyclic) bond motifs is 3. The first kappa shape index (κ1) is 18.0. The van der Waals surface area contributed by atoms with Gasteiger partial charge in [0.1, 0.15) is 17.1 Å². The highest BCUT2D eigenvalue weighted by atomic mass is 16.6. The van der Waals surface area contributed by atoms with Gasteiger partial charge < -0.3 is 14.5 Å². The molecule has 1 N–H and O–H groups in total. The van der Waals surface area contributed by atoms with Crippen LogP contribution in [0, 0.1) is 17.0 Å². The van der Waals surface area contributed by atoms with Crippen molar-refractivity contribution in [1.82, 2.24) is 0 Å². The van der Waals surface area contributed by atoms with Crippen LogP contribution < -0.4 is 10.1 Å². The van der Waals surface area contributed by atoms with Crippen molar-refractivity contribution in [3.63, 3.8) is 0 Å². The highest BCUT2D eigenvalue weighted by Gasteiger charge is 2.18. The van der Waals surface area contributed by atoms with Gasteiger partial charge in [-0.2, -0.15) is 0 Å². The number of furan rings is 1. The molecule has 0 radical (unpaired) electrons. The molecule has 0 bridgehead atoms. The van der Waals surface area contributed by atoms with E-state index >= 15 is 0 Å². The zero-order valence-corrected chi connectivity index (χ0v) is 15.5. The number of nitro benzene ring substituents is 1. The van der Waals surface area contributed by atoms with E-state index in [2.05, 4.69) is 5.32 Å². The Morgan fingerprint density at radius 2 is 2.04 bits per heavy atom. The Morgan fingerprint density at radius 1 is 1.21 bits per heavy atom. The van der Waals surface area contributed by atoms with Crippen molar-refractivity contribution >= 4 is 28.3 Å². The molecule has 0 aliphatic heterocycles. The van der Waals surface area contributed by atoms with Crippen LogP contribution in [0.1, 0.15) is 29.7 Å². The van der Waals surface area contributed by atoms with Gasteiger partial charge in [0, 0.05) is 35.2 Å². The lowest BCUT2D eigenvalue weighted by molar-refractivity contribution is -0.384. The van der Waals surface area contributed by atoms with E-state index in [1.54, 1.807) is 13.0 Å². The number of anilines is 1. The Morgan fingerprint density at radius 3 is 2.82 bits per heavy atom. The summed E-state index contributed by atoms with van der Waals surface area (Å²) in [7, 11) is 0. The number of benzene rings is 2. The summed E-state index contributed by atoms with van der Waals surface area (Å²) in [6, 6.07) is 9.90. The quantitative estimate of drug-likeness (QED) is 0.518. The SMILES string of the molecule is Cc1cc([N+](=O)[O-])ccc1NC(=O)COc1ccc2oc3c(c2c1)CCCC3. The first-order chi connectivity index (χ1) is 13.5. The van der Waals surface area contributed by atoms with Crippen LogP contribution in [0.2, 0.25) is 0 Å². The fraction of sp³-hybridized carbons (Fsp3) is 0.286. The third kappa shape index (κ3) is 3.55. The van der Waals surface area contributed by atoms with Gasteiger partial charge in [0.05, 0.1) is 4.92 Å². The molecule has 144 valence electrons. The number of nitrogens with zero attached hydrogens (tertiary/aromatic N) is 1. The van der Waals surface area contributed by atoms with Crippen LogP contribution in [0.25, 0.3) is 11.0 Å². The minimum Gasteiger partial charge on any atom is -0.484 e. The number of hydrogen-bond acceptors (Lipinski definition) is 5. The number of hydrogen-bond donors (Lipinski definition) is 1. The van der Waals surface area contributed by atoms with Crippen molar-refractivity contribution in [1.29, 1.82) is 0 Å². The summed E-state index contributed by atoms with van der Waals surface area (Å²) in [5.74, 6) is 1.34. The summed E-state index contributed by atoms with van der Waals surface area (Å²) in [6.45, 7) is 1.56. The van der Waals surface area contributed by atoms with Crippen LogP contribution in [0.3, 0.4) is 0 Å².